The van der Waals surface area contributed by atoms with Gasteiger partial charge in [-0.15, -0.1) is 0 Å². The van der Waals surface area contributed by atoms with Crippen LogP contribution in [0.25, 0.3) is 10.8 Å². The Labute approximate surface area is 185 Å². The quantitative estimate of drug-likeness (QED) is 0.377. The van der Waals surface area contributed by atoms with E-state index in [1.807, 2.05) is 0 Å². The molecular weight excluding hydrogens is 440 g/mol. The molecule has 0 saturated heterocycles. The van der Waals surface area contributed by atoms with E-state index in [1.54, 1.807) is 0 Å². The van der Waals surface area contributed by atoms with Crippen molar-refractivity contribution in [2.45, 2.75) is 24.2 Å². The zero-order valence-electron chi connectivity index (χ0n) is 17.5. The fourth-order valence-corrected chi connectivity index (χ4v) is 4.53. The SMILES string of the molecule is COC(=O)c1c(OC)cc2cc3c(c(O)c2c1C)C(=O)C1(O)C(O)=CC(=O)C(O)C1(O)C3=O. The Balaban J connectivity index is 2.15. The summed E-state index contributed by atoms with van der Waals surface area (Å²) >= 11 is 0. The Morgan fingerprint density at radius 1 is 1.06 bits per heavy atom. The zero-order valence-corrected chi connectivity index (χ0v) is 17.5. The third-order valence-corrected chi connectivity index (χ3v) is 6.24. The molecule has 0 saturated carbocycles. The van der Waals surface area contributed by atoms with Gasteiger partial charge in [-0.25, -0.2) is 4.79 Å². The van der Waals surface area contributed by atoms with Gasteiger partial charge in [-0.05, 0) is 30.0 Å². The first kappa shape index (κ1) is 22.4. The fourth-order valence-electron chi connectivity index (χ4n) is 4.53. The van der Waals surface area contributed by atoms with Gasteiger partial charge in [-0.3, -0.25) is 14.4 Å². The maximum atomic E-state index is 13.3. The lowest BCUT2D eigenvalue weighted by Crippen LogP contribution is -2.75. The minimum Gasteiger partial charge on any atom is -0.508 e. The molecule has 0 amide bonds. The van der Waals surface area contributed by atoms with Gasteiger partial charge < -0.3 is 35.0 Å². The Bertz CT molecular complexity index is 1340. The molecule has 33 heavy (non-hydrogen) atoms. The number of aryl methyl sites for hydroxylation is 1. The number of aliphatic hydroxyl groups is 4. The predicted octanol–water partition coefficient (Wildman–Crippen LogP) is -0.124. The van der Waals surface area contributed by atoms with Crippen LogP contribution in [0.5, 0.6) is 11.5 Å². The molecule has 11 nitrogen and oxygen atoms in total. The number of esters is 1. The van der Waals surface area contributed by atoms with E-state index in [1.165, 1.54) is 20.1 Å². The highest BCUT2D eigenvalue weighted by Crippen LogP contribution is 2.49. The van der Waals surface area contributed by atoms with Gasteiger partial charge in [-0.1, -0.05) is 0 Å². The van der Waals surface area contributed by atoms with E-state index >= 15 is 0 Å². The molecule has 0 spiro atoms. The molecule has 0 aliphatic heterocycles. The van der Waals surface area contributed by atoms with Gasteiger partial charge in [0.05, 0.1) is 19.8 Å². The second-order valence-electron chi connectivity index (χ2n) is 7.79. The molecule has 0 fully saturated rings. The van der Waals surface area contributed by atoms with Crippen molar-refractivity contribution in [2.24, 2.45) is 0 Å². The third-order valence-electron chi connectivity index (χ3n) is 6.24. The molecule has 0 heterocycles. The van der Waals surface area contributed by atoms with E-state index in [9.17, 15) is 44.7 Å². The number of rotatable bonds is 2. The number of ether oxygens (including phenoxy) is 2. The summed E-state index contributed by atoms with van der Waals surface area (Å²) in [6, 6.07) is 2.35. The number of aromatic hydroxyl groups is 1. The number of phenolic OH excluding ortho intramolecular Hbond substituents is 1. The van der Waals surface area contributed by atoms with E-state index in [-0.39, 0.29) is 27.6 Å². The van der Waals surface area contributed by atoms with E-state index in [2.05, 4.69) is 0 Å². The van der Waals surface area contributed by atoms with Crippen molar-refractivity contribution in [1.29, 1.82) is 0 Å². The van der Waals surface area contributed by atoms with Gasteiger partial charge in [0.25, 0.3) is 0 Å². The lowest BCUT2D eigenvalue weighted by molar-refractivity contribution is -0.167. The maximum Gasteiger partial charge on any atom is 0.341 e. The normalized spacial score (nSPS) is 26.5. The first-order valence-electron chi connectivity index (χ1n) is 9.50. The topological polar surface area (TPSA) is 188 Å². The number of Topliss-reactive ketones (excluding diaryl/α,β-unsaturated/α-hetero) is 2. The highest BCUT2D eigenvalue weighted by atomic mass is 16.5. The van der Waals surface area contributed by atoms with Crippen molar-refractivity contribution in [3.8, 4) is 11.5 Å². The number of methoxy groups -OCH3 is 2. The fraction of sp³-hybridized carbons (Fsp3) is 0.273. The van der Waals surface area contributed by atoms with Crippen molar-refractivity contribution in [2.75, 3.05) is 14.2 Å². The highest BCUT2D eigenvalue weighted by molar-refractivity contribution is 6.29. The van der Waals surface area contributed by atoms with Crippen LogP contribution in [-0.2, 0) is 9.53 Å². The van der Waals surface area contributed by atoms with E-state index in [0.29, 0.717) is 6.08 Å². The molecule has 5 N–H and O–H groups in total. The molecule has 172 valence electrons. The van der Waals surface area contributed by atoms with Gasteiger partial charge in [0, 0.05) is 17.0 Å². The number of carbonyl (C=O) groups excluding carboxylic acids is 4. The molecule has 0 aromatic heterocycles. The Kier molecular flexibility index (Phi) is 4.65. The Morgan fingerprint density at radius 2 is 1.70 bits per heavy atom. The first-order valence-corrected chi connectivity index (χ1v) is 9.50. The van der Waals surface area contributed by atoms with Crippen LogP contribution in [-0.4, -0.2) is 80.4 Å². The van der Waals surface area contributed by atoms with Crippen LogP contribution in [0.15, 0.2) is 24.0 Å². The average Bonchev–Trinajstić information content (AvgIpc) is 2.78. The predicted molar refractivity (Wildman–Crippen MR) is 109 cm³/mol. The number of carbonyl (C=O) groups is 4. The smallest absolute Gasteiger partial charge is 0.341 e. The number of hydrogen-bond donors (Lipinski definition) is 5. The van der Waals surface area contributed by atoms with Gasteiger partial charge in [0.1, 0.15) is 22.8 Å². The lowest BCUT2D eigenvalue weighted by Gasteiger charge is -2.47. The minimum atomic E-state index is -3.45. The lowest BCUT2D eigenvalue weighted by atomic mass is 9.60. The summed E-state index contributed by atoms with van der Waals surface area (Å²) in [4.78, 5) is 50.8. The summed E-state index contributed by atoms with van der Waals surface area (Å²) in [5.41, 5.74) is -8.24. The molecule has 0 bridgehead atoms. The van der Waals surface area contributed by atoms with Crippen LogP contribution in [0.4, 0.5) is 0 Å². The molecule has 2 aliphatic carbocycles. The number of fused-ring (bicyclic) bond motifs is 3. The van der Waals surface area contributed by atoms with Crippen LogP contribution in [0.1, 0.15) is 36.6 Å². The molecule has 3 atom stereocenters. The largest absolute Gasteiger partial charge is 0.508 e. The van der Waals surface area contributed by atoms with Crippen LogP contribution in [0.3, 0.4) is 0 Å². The highest BCUT2D eigenvalue weighted by Gasteiger charge is 2.72. The number of benzene rings is 2. The Morgan fingerprint density at radius 3 is 2.27 bits per heavy atom. The summed E-state index contributed by atoms with van der Waals surface area (Å²) in [5, 5.41) is 53.4. The van der Waals surface area contributed by atoms with Crippen LogP contribution >= 0.6 is 0 Å². The molecule has 2 aromatic rings. The van der Waals surface area contributed by atoms with E-state index < -0.39 is 63.3 Å². The van der Waals surface area contributed by atoms with Crippen LogP contribution < -0.4 is 4.74 Å². The summed E-state index contributed by atoms with van der Waals surface area (Å²) in [6.07, 6.45) is -2.25. The third kappa shape index (κ3) is 2.43. The first-order chi connectivity index (χ1) is 15.4. The molecule has 3 unspecified atom stereocenters. The van der Waals surface area contributed by atoms with Gasteiger partial charge in [0.15, 0.2) is 11.9 Å². The molecular formula is C22H18O11. The number of phenols is 1. The summed E-state index contributed by atoms with van der Waals surface area (Å²) < 4.78 is 9.95. The molecule has 2 aromatic carbocycles. The summed E-state index contributed by atoms with van der Waals surface area (Å²) in [7, 11) is 2.39. The van der Waals surface area contributed by atoms with Crippen LogP contribution in [0.2, 0.25) is 0 Å². The molecule has 2 aliphatic rings. The summed E-state index contributed by atoms with van der Waals surface area (Å²) in [6.45, 7) is 1.42. The van der Waals surface area contributed by atoms with E-state index in [0.717, 1.165) is 13.2 Å². The van der Waals surface area contributed by atoms with E-state index in [4.69, 9.17) is 9.47 Å². The monoisotopic (exact) mass is 458 g/mol. The van der Waals surface area contributed by atoms with Crippen molar-refractivity contribution in [3.05, 3.63) is 46.2 Å². The molecule has 0 radical (unpaired) electrons. The average molecular weight is 458 g/mol. The van der Waals surface area contributed by atoms with Crippen molar-refractivity contribution < 1.29 is 54.2 Å². The number of hydrogen-bond acceptors (Lipinski definition) is 11. The van der Waals surface area contributed by atoms with Gasteiger partial charge in [0.2, 0.25) is 22.8 Å². The standard InChI is InChI=1S/C22H18O11/c1-7-13-8(5-11(32-2)14(7)20(29)33-3)4-9-15(16(13)25)19(28)21(30)12(24)6-10(23)18(27)22(21,31)17(9)26/h4-6,18,24-25,27,30-31H,1-3H3. The number of aliphatic hydroxyl groups excluding tert-OH is 2. The van der Waals surface area contributed by atoms with Crippen LogP contribution in [0, 0.1) is 6.92 Å². The van der Waals surface area contributed by atoms with Gasteiger partial charge >= 0.3 is 5.97 Å². The maximum absolute atomic E-state index is 13.3. The summed E-state index contributed by atoms with van der Waals surface area (Å²) in [5.74, 6) is -7.32. The molecule has 4 rings (SSSR count). The van der Waals surface area contributed by atoms with Crippen molar-refractivity contribution >= 4 is 34.1 Å². The second-order valence-corrected chi connectivity index (χ2v) is 7.79. The zero-order chi connectivity index (χ0) is 24.6. The molecule has 11 heteroatoms. The Hall–Kier alpha value is -3.80. The van der Waals surface area contributed by atoms with Crippen molar-refractivity contribution in [3.63, 3.8) is 0 Å². The van der Waals surface area contributed by atoms with Crippen molar-refractivity contribution in [1.82, 2.24) is 0 Å². The minimum absolute atomic E-state index is 0.0180. The number of ketones is 3. The van der Waals surface area contributed by atoms with Gasteiger partial charge in [-0.2, -0.15) is 0 Å². The second kappa shape index (κ2) is 6.85.